The van der Waals surface area contributed by atoms with E-state index in [2.05, 4.69) is 9.80 Å². The van der Waals surface area contributed by atoms with Crippen molar-refractivity contribution in [2.45, 2.75) is 25.7 Å². The third-order valence-corrected chi connectivity index (χ3v) is 3.97. The second-order valence-corrected chi connectivity index (χ2v) is 5.14. The highest BCUT2D eigenvalue weighted by molar-refractivity contribution is 5.79. The fourth-order valence-corrected chi connectivity index (χ4v) is 2.82. The zero-order valence-electron chi connectivity index (χ0n) is 10.9. The highest BCUT2D eigenvalue weighted by atomic mass is 16.5. The molecule has 0 bridgehead atoms. The molecule has 4 nitrogen and oxygen atoms in total. The normalized spacial score (nSPS) is 23.2. The lowest BCUT2D eigenvalue weighted by Crippen LogP contribution is -2.42. The van der Waals surface area contributed by atoms with E-state index >= 15 is 0 Å². The molecule has 2 aliphatic heterocycles. The molecule has 0 spiro atoms. The van der Waals surface area contributed by atoms with Gasteiger partial charge >= 0.3 is 0 Å². The molecule has 0 saturated carbocycles. The number of nitrogens with zero attached hydrogens (tertiary/aromatic N) is 2. The van der Waals surface area contributed by atoms with E-state index in [9.17, 15) is 4.79 Å². The van der Waals surface area contributed by atoms with Crippen molar-refractivity contribution < 1.29 is 9.53 Å². The van der Waals surface area contributed by atoms with Crippen LogP contribution in [0.25, 0.3) is 0 Å². The molecule has 1 amide bonds. The maximum Gasteiger partial charge on any atom is 0.225 e. The van der Waals surface area contributed by atoms with Crippen molar-refractivity contribution >= 4 is 5.91 Å². The van der Waals surface area contributed by atoms with Crippen LogP contribution in [-0.2, 0) is 9.53 Å². The number of carbonyl (C=O) groups excluding carboxylic acids is 1. The van der Waals surface area contributed by atoms with Crippen LogP contribution < -0.4 is 0 Å². The molecule has 17 heavy (non-hydrogen) atoms. The van der Waals surface area contributed by atoms with E-state index in [1.165, 1.54) is 12.8 Å². The summed E-state index contributed by atoms with van der Waals surface area (Å²) in [6.07, 6.45) is 4.44. The van der Waals surface area contributed by atoms with Crippen molar-refractivity contribution in [3.05, 3.63) is 0 Å². The van der Waals surface area contributed by atoms with Gasteiger partial charge in [-0.25, -0.2) is 0 Å². The van der Waals surface area contributed by atoms with Crippen LogP contribution in [-0.4, -0.2) is 62.1 Å². The molecule has 0 aromatic carbocycles. The van der Waals surface area contributed by atoms with Crippen LogP contribution in [0.2, 0.25) is 0 Å². The predicted molar refractivity (Wildman–Crippen MR) is 66.9 cm³/mol. The van der Waals surface area contributed by atoms with Gasteiger partial charge in [0.1, 0.15) is 0 Å². The lowest BCUT2D eigenvalue weighted by atomic mass is 9.95. The van der Waals surface area contributed by atoms with Crippen molar-refractivity contribution in [2.75, 3.05) is 46.4 Å². The van der Waals surface area contributed by atoms with E-state index in [4.69, 9.17) is 4.74 Å². The number of likely N-dealkylation sites (tertiary alicyclic amines) is 2. The number of rotatable bonds is 4. The summed E-state index contributed by atoms with van der Waals surface area (Å²) in [7, 11) is 1.74. The number of hydrogen-bond donors (Lipinski definition) is 0. The van der Waals surface area contributed by atoms with E-state index in [1.54, 1.807) is 7.11 Å². The second kappa shape index (κ2) is 6.36. The summed E-state index contributed by atoms with van der Waals surface area (Å²) in [6, 6.07) is 0. The molecule has 98 valence electrons. The first kappa shape index (κ1) is 12.8. The first-order valence-electron chi connectivity index (χ1n) is 6.81. The SMILES string of the molecule is COCCN1CCC(C(=O)N2CCCC2)CC1. The quantitative estimate of drug-likeness (QED) is 0.734. The van der Waals surface area contributed by atoms with Crippen LogP contribution in [0.1, 0.15) is 25.7 Å². The molecule has 2 rings (SSSR count). The number of carbonyl (C=O) groups is 1. The number of ether oxygens (including phenoxy) is 1. The Kier molecular flexibility index (Phi) is 4.80. The number of piperidine rings is 1. The van der Waals surface area contributed by atoms with Crippen molar-refractivity contribution in [1.29, 1.82) is 0 Å². The molecule has 0 atom stereocenters. The van der Waals surface area contributed by atoms with E-state index in [1.807, 2.05) is 0 Å². The van der Waals surface area contributed by atoms with Gasteiger partial charge in [-0.3, -0.25) is 4.79 Å². The minimum atomic E-state index is 0.284. The van der Waals surface area contributed by atoms with Crippen LogP contribution in [0.15, 0.2) is 0 Å². The Morgan fingerprint density at radius 3 is 2.41 bits per heavy atom. The molecule has 0 aromatic heterocycles. The minimum Gasteiger partial charge on any atom is -0.383 e. The van der Waals surface area contributed by atoms with E-state index < -0.39 is 0 Å². The Balaban J connectivity index is 1.72. The molecular weight excluding hydrogens is 216 g/mol. The molecule has 0 aromatic rings. The van der Waals surface area contributed by atoms with Gasteiger partial charge in [0.25, 0.3) is 0 Å². The molecule has 0 N–H and O–H groups in total. The van der Waals surface area contributed by atoms with Gasteiger partial charge in [-0.15, -0.1) is 0 Å². The lowest BCUT2D eigenvalue weighted by molar-refractivity contribution is -0.136. The van der Waals surface area contributed by atoms with Gasteiger partial charge < -0.3 is 14.5 Å². The van der Waals surface area contributed by atoms with Crippen molar-refractivity contribution in [2.24, 2.45) is 5.92 Å². The summed E-state index contributed by atoms with van der Waals surface area (Å²) in [5.74, 6) is 0.695. The maximum absolute atomic E-state index is 12.2. The average molecular weight is 240 g/mol. The molecule has 0 aliphatic carbocycles. The molecule has 4 heteroatoms. The smallest absolute Gasteiger partial charge is 0.225 e. The van der Waals surface area contributed by atoms with Gasteiger partial charge in [0.2, 0.25) is 5.91 Å². The zero-order chi connectivity index (χ0) is 12.1. The first-order valence-corrected chi connectivity index (χ1v) is 6.81. The van der Waals surface area contributed by atoms with Crippen LogP contribution in [0, 0.1) is 5.92 Å². The molecule has 2 fully saturated rings. The van der Waals surface area contributed by atoms with Gasteiger partial charge in [0, 0.05) is 32.7 Å². The second-order valence-electron chi connectivity index (χ2n) is 5.14. The third kappa shape index (κ3) is 3.42. The molecule has 0 radical (unpaired) electrons. The number of methoxy groups -OCH3 is 1. The van der Waals surface area contributed by atoms with Crippen LogP contribution >= 0.6 is 0 Å². The average Bonchev–Trinajstić information content (AvgIpc) is 2.90. The lowest BCUT2D eigenvalue weighted by Gasteiger charge is -2.32. The third-order valence-electron chi connectivity index (χ3n) is 3.97. The summed E-state index contributed by atoms with van der Waals surface area (Å²) in [5, 5.41) is 0. The van der Waals surface area contributed by atoms with Gasteiger partial charge in [0.05, 0.1) is 6.61 Å². The molecule has 2 heterocycles. The van der Waals surface area contributed by atoms with Crippen molar-refractivity contribution in [1.82, 2.24) is 9.80 Å². The first-order chi connectivity index (χ1) is 8.31. The summed E-state index contributed by atoms with van der Waals surface area (Å²) in [5.41, 5.74) is 0. The van der Waals surface area contributed by atoms with Gasteiger partial charge in [0.15, 0.2) is 0 Å². The zero-order valence-corrected chi connectivity index (χ0v) is 10.9. The van der Waals surface area contributed by atoms with Gasteiger partial charge in [-0.05, 0) is 38.8 Å². The number of hydrogen-bond acceptors (Lipinski definition) is 3. The monoisotopic (exact) mass is 240 g/mol. The van der Waals surface area contributed by atoms with Gasteiger partial charge in [-0.2, -0.15) is 0 Å². The Bertz CT molecular complexity index is 244. The van der Waals surface area contributed by atoms with E-state index in [0.717, 1.165) is 52.2 Å². The minimum absolute atomic E-state index is 0.284. The highest BCUT2D eigenvalue weighted by Crippen LogP contribution is 2.21. The highest BCUT2D eigenvalue weighted by Gasteiger charge is 2.29. The van der Waals surface area contributed by atoms with Crippen molar-refractivity contribution in [3.63, 3.8) is 0 Å². The Morgan fingerprint density at radius 2 is 1.82 bits per heavy atom. The molecule has 2 saturated heterocycles. The Hall–Kier alpha value is -0.610. The standard InChI is InChI=1S/C13H24N2O2/c1-17-11-10-14-8-4-12(5-9-14)13(16)15-6-2-3-7-15/h12H,2-11H2,1H3. The van der Waals surface area contributed by atoms with Crippen LogP contribution in [0.4, 0.5) is 0 Å². The Morgan fingerprint density at radius 1 is 1.18 bits per heavy atom. The fourth-order valence-electron chi connectivity index (χ4n) is 2.82. The maximum atomic E-state index is 12.2. The van der Waals surface area contributed by atoms with Crippen molar-refractivity contribution in [3.8, 4) is 0 Å². The largest absolute Gasteiger partial charge is 0.383 e. The number of amides is 1. The summed E-state index contributed by atoms with van der Waals surface area (Å²) in [4.78, 5) is 16.7. The molecular formula is C13H24N2O2. The summed E-state index contributed by atoms with van der Waals surface area (Å²) < 4.78 is 5.08. The molecule has 0 unspecified atom stereocenters. The van der Waals surface area contributed by atoms with Gasteiger partial charge in [-0.1, -0.05) is 0 Å². The predicted octanol–water partition coefficient (Wildman–Crippen LogP) is 0.967. The topological polar surface area (TPSA) is 32.8 Å². The van der Waals surface area contributed by atoms with E-state index in [-0.39, 0.29) is 5.92 Å². The van der Waals surface area contributed by atoms with Crippen LogP contribution in [0.5, 0.6) is 0 Å². The molecule has 2 aliphatic rings. The summed E-state index contributed by atoms with van der Waals surface area (Å²) in [6.45, 7) is 5.87. The fraction of sp³-hybridized carbons (Fsp3) is 0.923. The Labute approximate surface area is 104 Å². The van der Waals surface area contributed by atoms with Crippen LogP contribution in [0.3, 0.4) is 0 Å². The van der Waals surface area contributed by atoms with E-state index in [0.29, 0.717) is 5.91 Å². The summed E-state index contributed by atoms with van der Waals surface area (Å²) >= 11 is 0.